The minimum absolute atomic E-state index is 0.0528. The highest BCUT2D eigenvalue weighted by Crippen LogP contribution is 2.35. The third-order valence-electron chi connectivity index (χ3n) is 5.26. The summed E-state index contributed by atoms with van der Waals surface area (Å²) in [5, 5.41) is 3.09. The van der Waals surface area contributed by atoms with Gasteiger partial charge in [-0.2, -0.15) is 0 Å². The minimum atomic E-state index is -0.334. The molecule has 0 radical (unpaired) electrons. The van der Waals surface area contributed by atoms with E-state index < -0.39 is 0 Å². The van der Waals surface area contributed by atoms with E-state index in [9.17, 15) is 4.79 Å². The summed E-state index contributed by atoms with van der Waals surface area (Å²) in [4.78, 5) is 21.8. The molecule has 1 N–H and O–H groups in total. The van der Waals surface area contributed by atoms with Gasteiger partial charge < -0.3 is 19.0 Å². The Morgan fingerprint density at radius 3 is 3.00 bits per heavy atom. The lowest BCUT2D eigenvalue weighted by atomic mass is 9.92. The van der Waals surface area contributed by atoms with Crippen LogP contribution in [0.1, 0.15) is 37.3 Å². The van der Waals surface area contributed by atoms with Crippen LogP contribution in [-0.4, -0.2) is 27.0 Å². The molecule has 0 saturated carbocycles. The first-order valence-electron chi connectivity index (χ1n) is 9.62. The zero-order chi connectivity index (χ0) is 19.5. The number of imidazole rings is 1. The molecule has 28 heavy (non-hydrogen) atoms. The highest BCUT2D eigenvalue weighted by atomic mass is 16.5. The molecule has 1 aliphatic heterocycles. The van der Waals surface area contributed by atoms with Gasteiger partial charge in [-0.05, 0) is 44.4 Å². The second-order valence-electron chi connectivity index (χ2n) is 6.92. The van der Waals surface area contributed by atoms with E-state index >= 15 is 0 Å². The van der Waals surface area contributed by atoms with Gasteiger partial charge >= 0.3 is 0 Å². The Hall–Kier alpha value is -2.93. The van der Waals surface area contributed by atoms with Crippen LogP contribution in [0.2, 0.25) is 0 Å². The van der Waals surface area contributed by atoms with Crippen LogP contribution in [-0.2, 0) is 16.1 Å². The normalized spacial score (nSPS) is 19.5. The lowest BCUT2D eigenvalue weighted by molar-refractivity contribution is -0.130. The molecule has 2 aromatic heterocycles. The lowest BCUT2D eigenvalue weighted by Gasteiger charge is -2.31. The number of ether oxygens (including phenoxy) is 1. The molecule has 1 saturated heterocycles. The van der Waals surface area contributed by atoms with Gasteiger partial charge in [-0.25, -0.2) is 9.97 Å². The number of aromatic nitrogens is 3. The minimum Gasteiger partial charge on any atom is -0.445 e. The number of benzene rings is 1. The number of anilines is 1. The van der Waals surface area contributed by atoms with Gasteiger partial charge in [-0.15, -0.1) is 0 Å². The predicted octanol–water partition coefficient (Wildman–Crippen LogP) is 3.97. The van der Waals surface area contributed by atoms with Gasteiger partial charge in [0.15, 0.2) is 0 Å². The van der Waals surface area contributed by atoms with E-state index in [0.717, 1.165) is 42.0 Å². The maximum atomic E-state index is 13.2. The molecule has 0 aliphatic carbocycles. The van der Waals surface area contributed by atoms with E-state index in [2.05, 4.69) is 22.2 Å². The van der Waals surface area contributed by atoms with Gasteiger partial charge in [0.05, 0.1) is 12.1 Å². The number of hydrogen-bond acceptors (Lipinski definition) is 5. The number of nitrogens with zero attached hydrogens (tertiary/aromatic N) is 3. The number of carbonyl (C=O) groups is 1. The predicted molar refractivity (Wildman–Crippen MR) is 105 cm³/mol. The molecule has 3 aromatic rings. The fourth-order valence-corrected chi connectivity index (χ4v) is 3.73. The lowest BCUT2D eigenvalue weighted by Crippen LogP contribution is -2.34. The summed E-state index contributed by atoms with van der Waals surface area (Å²) in [5.74, 6) is 1.01. The number of rotatable bonds is 5. The standard InChI is InChI=1S/C21H24N4O3/c1-3-25-11-9-22-19(25)18-16(7-5-12-27-18)20(26)24-17-8-4-6-15(14(17)2)21-23-10-13-28-21/h4,6,8-11,13,16,18H,3,5,7,12H2,1-2H3,(H,24,26)/t16-,18-/m1/s1. The Balaban J connectivity index is 1.58. The SMILES string of the molecule is CCn1ccnc1[C@@H]1OCCC[C@H]1C(=O)Nc1cccc(-c2ncco2)c1C. The van der Waals surface area contributed by atoms with E-state index in [1.807, 2.05) is 35.9 Å². The Bertz CT molecular complexity index is 948. The van der Waals surface area contributed by atoms with Crippen LogP contribution in [0.15, 0.2) is 47.5 Å². The number of hydrogen-bond donors (Lipinski definition) is 1. The first-order chi connectivity index (χ1) is 13.7. The molecule has 3 heterocycles. The molecule has 1 amide bonds. The van der Waals surface area contributed by atoms with Crippen molar-refractivity contribution in [3.8, 4) is 11.5 Å². The quantitative estimate of drug-likeness (QED) is 0.724. The van der Waals surface area contributed by atoms with Gasteiger partial charge in [-0.1, -0.05) is 6.07 Å². The molecular formula is C21H24N4O3. The van der Waals surface area contributed by atoms with Gasteiger partial charge in [0.2, 0.25) is 11.8 Å². The molecule has 0 unspecified atom stereocenters. The van der Waals surface area contributed by atoms with Crippen molar-refractivity contribution in [3.05, 3.63) is 54.4 Å². The number of nitrogens with one attached hydrogen (secondary N) is 1. The number of amides is 1. The molecule has 0 bridgehead atoms. The van der Waals surface area contributed by atoms with Gasteiger partial charge in [-0.3, -0.25) is 4.79 Å². The van der Waals surface area contributed by atoms with Crippen LogP contribution >= 0.6 is 0 Å². The molecular weight excluding hydrogens is 356 g/mol. The van der Waals surface area contributed by atoms with Crippen LogP contribution in [0, 0.1) is 12.8 Å². The van der Waals surface area contributed by atoms with Crippen molar-refractivity contribution >= 4 is 11.6 Å². The van der Waals surface area contributed by atoms with Crippen LogP contribution < -0.4 is 5.32 Å². The second kappa shape index (κ2) is 7.98. The molecule has 4 rings (SSSR count). The summed E-state index contributed by atoms with van der Waals surface area (Å²) in [6.07, 6.45) is 8.13. The van der Waals surface area contributed by atoms with Crippen molar-refractivity contribution < 1.29 is 13.9 Å². The highest BCUT2D eigenvalue weighted by Gasteiger charge is 2.35. The largest absolute Gasteiger partial charge is 0.445 e. The maximum absolute atomic E-state index is 13.2. The van der Waals surface area contributed by atoms with Gasteiger partial charge in [0.25, 0.3) is 0 Å². The van der Waals surface area contributed by atoms with Crippen molar-refractivity contribution in [2.75, 3.05) is 11.9 Å². The third kappa shape index (κ3) is 3.45. The molecule has 1 aromatic carbocycles. The zero-order valence-electron chi connectivity index (χ0n) is 16.1. The smallest absolute Gasteiger partial charge is 0.230 e. The zero-order valence-corrected chi connectivity index (χ0v) is 16.1. The summed E-state index contributed by atoms with van der Waals surface area (Å²) in [7, 11) is 0. The third-order valence-corrected chi connectivity index (χ3v) is 5.26. The molecule has 7 heteroatoms. The molecule has 1 fully saturated rings. The molecule has 0 spiro atoms. The number of oxazole rings is 1. The van der Waals surface area contributed by atoms with Gasteiger partial charge in [0, 0.05) is 36.8 Å². The number of aryl methyl sites for hydroxylation is 1. The highest BCUT2D eigenvalue weighted by molar-refractivity contribution is 5.94. The Labute approximate surface area is 163 Å². The van der Waals surface area contributed by atoms with Crippen molar-refractivity contribution in [1.29, 1.82) is 0 Å². The van der Waals surface area contributed by atoms with Crippen molar-refractivity contribution in [2.45, 2.75) is 39.3 Å². The van der Waals surface area contributed by atoms with E-state index in [1.165, 1.54) is 0 Å². The first-order valence-corrected chi connectivity index (χ1v) is 9.62. The summed E-state index contributed by atoms with van der Waals surface area (Å²) in [6.45, 7) is 5.44. The fraction of sp³-hybridized carbons (Fsp3) is 0.381. The van der Waals surface area contributed by atoms with Crippen molar-refractivity contribution in [3.63, 3.8) is 0 Å². The number of carbonyl (C=O) groups excluding carboxylic acids is 1. The summed E-state index contributed by atoms with van der Waals surface area (Å²) < 4.78 is 13.4. The maximum Gasteiger partial charge on any atom is 0.230 e. The molecule has 146 valence electrons. The molecule has 1 aliphatic rings. The van der Waals surface area contributed by atoms with E-state index in [-0.39, 0.29) is 17.9 Å². The topological polar surface area (TPSA) is 82.2 Å². The van der Waals surface area contributed by atoms with Crippen LogP contribution in [0.25, 0.3) is 11.5 Å². The van der Waals surface area contributed by atoms with Crippen LogP contribution in [0.3, 0.4) is 0 Å². The van der Waals surface area contributed by atoms with E-state index in [0.29, 0.717) is 12.5 Å². The van der Waals surface area contributed by atoms with E-state index in [1.54, 1.807) is 18.7 Å². The second-order valence-corrected chi connectivity index (χ2v) is 6.92. The fourth-order valence-electron chi connectivity index (χ4n) is 3.73. The Morgan fingerprint density at radius 2 is 2.21 bits per heavy atom. The van der Waals surface area contributed by atoms with Crippen molar-refractivity contribution in [1.82, 2.24) is 14.5 Å². The summed E-state index contributed by atoms with van der Waals surface area (Å²) in [6, 6.07) is 5.72. The Kier molecular flexibility index (Phi) is 5.25. The molecule has 2 atom stereocenters. The average Bonchev–Trinajstić information content (AvgIpc) is 3.41. The van der Waals surface area contributed by atoms with E-state index in [4.69, 9.17) is 9.15 Å². The first kappa shape index (κ1) is 18.4. The van der Waals surface area contributed by atoms with Crippen molar-refractivity contribution in [2.24, 2.45) is 5.92 Å². The van der Waals surface area contributed by atoms with Crippen LogP contribution in [0.5, 0.6) is 0 Å². The summed E-state index contributed by atoms with van der Waals surface area (Å²) >= 11 is 0. The average molecular weight is 380 g/mol. The van der Waals surface area contributed by atoms with Crippen LogP contribution in [0.4, 0.5) is 5.69 Å². The molecule has 7 nitrogen and oxygen atoms in total. The summed E-state index contributed by atoms with van der Waals surface area (Å²) in [5.41, 5.74) is 2.53. The monoisotopic (exact) mass is 380 g/mol. The van der Waals surface area contributed by atoms with Gasteiger partial charge in [0.1, 0.15) is 18.2 Å². The Morgan fingerprint density at radius 1 is 1.32 bits per heavy atom.